The van der Waals surface area contributed by atoms with Crippen LogP contribution in [0.4, 0.5) is 19.7 Å². The number of hydrogen-bond donors (Lipinski definition) is 1. The van der Waals surface area contributed by atoms with Gasteiger partial charge in [-0.25, -0.2) is 23.7 Å². The van der Waals surface area contributed by atoms with Crippen LogP contribution >= 0.6 is 11.3 Å². The van der Waals surface area contributed by atoms with Crippen molar-refractivity contribution >= 4 is 28.2 Å². The van der Waals surface area contributed by atoms with Gasteiger partial charge in [0.2, 0.25) is 0 Å². The lowest BCUT2D eigenvalue weighted by atomic mass is 9.92. The number of anilines is 2. The Bertz CT molecular complexity index is 1100. The Kier molecular flexibility index (Phi) is 6.22. The normalized spacial score (nSPS) is 16.4. The summed E-state index contributed by atoms with van der Waals surface area (Å²) in [5.74, 6) is -1.05. The van der Waals surface area contributed by atoms with Crippen molar-refractivity contribution in [1.82, 2.24) is 19.9 Å². The van der Waals surface area contributed by atoms with Crippen LogP contribution in [0, 0.1) is 31.4 Å². The first-order valence-corrected chi connectivity index (χ1v) is 11.0. The summed E-state index contributed by atoms with van der Waals surface area (Å²) in [5.41, 5.74) is 0.656. The highest BCUT2D eigenvalue weighted by Crippen LogP contribution is 2.25. The van der Waals surface area contributed by atoms with Crippen molar-refractivity contribution < 1.29 is 13.6 Å². The topological polar surface area (TPSA) is 71.0 Å². The molecule has 9 heteroatoms. The standard InChI is InChI=1S/C22H23F2N5OS/c1-13-11-25-22(31-13)28-19-10-16(26-14(2)27-19)9-15-5-4-8-29(12-15)21(30)17-6-3-7-18(23)20(17)24/h3,6-7,10-11,15H,4-5,8-9,12H2,1-2H3,(H,25,26,27,28). The molecule has 1 aliphatic rings. The van der Waals surface area contributed by atoms with Crippen LogP contribution in [0.25, 0.3) is 0 Å². The maximum atomic E-state index is 14.1. The second-order valence-electron chi connectivity index (χ2n) is 7.76. The largest absolute Gasteiger partial charge is 0.338 e. The van der Waals surface area contributed by atoms with Crippen molar-refractivity contribution in [2.24, 2.45) is 5.92 Å². The van der Waals surface area contributed by atoms with Gasteiger partial charge in [0, 0.05) is 35.9 Å². The van der Waals surface area contributed by atoms with Crippen LogP contribution in [-0.2, 0) is 6.42 Å². The Morgan fingerprint density at radius 3 is 2.90 bits per heavy atom. The summed E-state index contributed by atoms with van der Waals surface area (Å²) in [5, 5.41) is 3.99. The van der Waals surface area contributed by atoms with E-state index in [9.17, 15) is 13.6 Å². The van der Waals surface area contributed by atoms with Crippen LogP contribution in [0.5, 0.6) is 0 Å². The highest BCUT2D eigenvalue weighted by molar-refractivity contribution is 7.15. The highest BCUT2D eigenvalue weighted by atomic mass is 32.1. The summed E-state index contributed by atoms with van der Waals surface area (Å²) in [6.07, 6.45) is 4.22. The maximum absolute atomic E-state index is 14.1. The van der Waals surface area contributed by atoms with E-state index in [1.54, 1.807) is 22.4 Å². The minimum atomic E-state index is -1.09. The molecule has 0 bridgehead atoms. The summed E-state index contributed by atoms with van der Waals surface area (Å²) in [7, 11) is 0. The number of nitrogens with zero attached hydrogens (tertiary/aromatic N) is 4. The molecule has 1 aromatic carbocycles. The Hall–Kier alpha value is -2.94. The van der Waals surface area contributed by atoms with Gasteiger partial charge in [0.1, 0.15) is 11.6 Å². The molecule has 1 aliphatic heterocycles. The molecular weight excluding hydrogens is 420 g/mol. The summed E-state index contributed by atoms with van der Waals surface area (Å²) < 4.78 is 27.6. The first-order valence-electron chi connectivity index (χ1n) is 10.2. The third-order valence-electron chi connectivity index (χ3n) is 5.23. The summed E-state index contributed by atoms with van der Waals surface area (Å²) in [6.45, 7) is 4.84. The van der Waals surface area contributed by atoms with E-state index in [1.165, 1.54) is 12.1 Å². The third kappa shape index (κ3) is 5.04. The molecular formula is C22H23F2N5OS. The Labute approximate surface area is 183 Å². The van der Waals surface area contributed by atoms with Crippen LogP contribution in [0.1, 0.15) is 39.6 Å². The number of carbonyl (C=O) groups is 1. The molecule has 3 aromatic rings. The van der Waals surface area contributed by atoms with Gasteiger partial charge in [-0.1, -0.05) is 6.07 Å². The van der Waals surface area contributed by atoms with Gasteiger partial charge < -0.3 is 10.2 Å². The number of benzene rings is 1. The van der Waals surface area contributed by atoms with E-state index < -0.39 is 17.5 Å². The molecule has 1 N–H and O–H groups in total. The molecule has 6 nitrogen and oxygen atoms in total. The van der Waals surface area contributed by atoms with E-state index >= 15 is 0 Å². The number of aryl methyl sites for hydroxylation is 2. The average Bonchev–Trinajstić information content (AvgIpc) is 3.14. The number of hydrogen-bond acceptors (Lipinski definition) is 6. The van der Waals surface area contributed by atoms with Crippen LogP contribution in [0.2, 0.25) is 0 Å². The molecule has 162 valence electrons. The van der Waals surface area contributed by atoms with Crippen LogP contribution in [-0.4, -0.2) is 38.8 Å². The van der Waals surface area contributed by atoms with Gasteiger partial charge in [0.25, 0.3) is 5.91 Å². The summed E-state index contributed by atoms with van der Waals surface area (Å²) in [6, 6.07) is 5.60. The van der Waals surface area contributed by atoms with Gasteiger partial charge in [-0.15, -0.1) is 11.3 Å². The number of aromatic nitrogens is 3. The van der Waals surface area contributed by atoms with Crippen LogP contribution in [0.3, 0.4) is 0 Å². The number of piperidine rings is 1. The van der Waals surface area contributed by atoms with E-state index in [0.717, 1.165) is 34.6 Å². The van der Waals surface area contributed by atoms with Crippen molar-refractivity contribution in [3.05, 3.63) is 64.1 Å². The predicted molar refractivity (Wildman–Crippen MR) is 116 cm³/mol. The van der Waals surface area contributed by atoms with Gasteiger partial charge in [-0.05, 0) is 51.2 Å². The molecule has 0 aliphatic carbocycles. The zero-order valence-corrected chi connectivity index (χ0v) is 18.2. The fourth-order valence-electron chi connectivity index (χ4n) is 3.87. The molecule has 0 spiro atoms. The third-order valence-corrected chi connectivity index (χ3v) is 6.06. The first-order chi connectivity index (χ1) is 14.9. The van der Waals surface area contributed by atoms with Crippen molar-refractivity contribution in [3.63, 3.8) is 0 Å². The fourth-order valence-corrected chi connectivity index (χ4v) is 4.54. The Balaban J connectivity index is 1.45. The fraction of sp³-hybridized carbons (Fsp3) is 0.364. The molecule has 1 unspecified atom stereocenters. The van der Waals surface area contributed by atoms with E-state index in [4.69, 9.17) is 0 Å². The lowest BCUT2D eigenvalue weighted by Gasteiger charge is -2.33. The molecule has 1 amide bonds. The summed E-state index contributed by atoms with van der Waals surface area (Å²) >= 11 is 1.55. The second-order valence-corrected chi connectivity index (χ2v) is 8.99. The van der Waals surface area contributed by atoms with Crippen LogP contribution in [0.15, 0.2) is 30.5 Å². The van der Waals surface area contributed by atoms with Gasteiger partial charge in [0.15, 0.2) is 16.8 Å². The average molecular weight is 444 g/mol. The van der Waals surface area contributed by atoms with Crippen molar-refractivity contribution in [3.8, 4) is 0 Å². The lowest BCUT2D eigenvalue weighted by molar-refractivity contribution is 0.0667. The zero-order valence-electron chi connectivity index (χ0n) is 17.4. The molecule has 31 heavy (non-hydrogen) atoms. The Morgan fingerprint density at radius 2 is 2.13 bits per heavy atom. The van der Waals surface area contributed by atoms with Crippen LogP contribution < -0.4 is 5.32 Å². The maximum Gasteiger partial charge on any atom is 0.256 e. The van der Waals surface area contributed by atoms with Gasteiger partial charge in [-0.3, -0.25) is 4.79 Å². The molecule has 3 heterocycles. The molecule has 4 rings (SSSR count). The van der Waals surface area contributed by atoms with Crippen molar-refractivity contribution in [2.75, 3.05) is 18.4 Å². The summed E-state index contributed by atoms with van der Waals surface area (Å²) in [4.78, 5) is 28.8. The predicted octanol–water partition coefficient (Wildman–Crippen LogP) is 4.67. The molecule has 2 aromatic heterocycles. The van der Waals surface area contributed by atoms with E-state index in [0.29, 0.717) is 31.2 Å². The minimum absolute atomic E-state index is 0.179. The van der Waals surface area contributed by atoms with E-state index in [2.05, 4.69) is 20.3 Å². The van der Waals surface area contributed by atoms with E-state index in [1.807, 2.05) is 19.9 Å². The second kappa shape index (κ2) is 9.05. The zero-order chi connectivity index (χ0) is 22.0. The minimum Gasteiger partial charge on any atom is -0.338 e. The van der Waals surface area contributed by atoms with Crippen molar-refractivity contribution in [2.45, 2.75) is 33.1 Å². The highest BCUT2D eigenvalue weighted by Gasteiger charge is 2.27. The molecule has 0 radical (unpaired) electrons. The van der Waals surface area contributed by atoms with E-state index in [-0.39, 0.29) is 11.5 Å². The van der Waals surface area contributed by atoms with Crippen molar-refractivity contribution in [1.29, 1.82) is 0 Å². The molecule has 0 saturated carbocycles. The SMILES string of the molecule is Cc1nc(CC2CCCN(C(=O)c3cccc(F)c3F)C2)cc(Nc2ncc(C)s2)n1. The molecule has 1 fully saturated rings. The first kappa shape index (κ1) is 21.3. The number of amides is 1. The number of thiazole rings is 1. The lowest BCUT2D eigenvalue weighted by Crippen LogP contribution is -2.41. The number of likely N-dealkylation sites (tertiary alicyclic amines) is 1. The number of halogens is 2. The molecule has 1 saturated heterocycles. The van der Waals surface area contributed by atoms with Gasteiger partial charge in [-0.2, -0.15) is 0 Å². The number of rotatable bonds is 5. The monoisotopic (exact) mass is 443 g/mol. The van der Waals surface area contributed by atoms with Gasteiger partial charge in [0.05, 0.1) is 5.56 Å². The quantitative estimate of drug-likeness (QED) is 0.621. The van der Waals surface area contributed by atoms with Gasteiger partial charge >= 0.3 is 0 Å². The molecule has 1 atom stereocenters. The smallest absolute Gasteiger partial charge is 0.256 e. The number of nitrogens with one attached hydrogen (secondary N) is 1. The Morgan fingerprint density at radius 1 is 1.29 bits per heavy atom. The number of carbonyl (C=O) groups excluding carboxylic acids is 1.